The van der Waals surface area contributed by atoms with Gasteiger partial charge in [0.05, 0.1) is 0 Å². The molecule has 3 heteroatoms. The highest BCUT2D eigenvalue weighted by atomic mass is 15.2. The van der Waals surface area contributed by atoms with E-state index in [1.54, 1.807) is 0 Å². The first kappa shape index (κ1) is 15.3. The molecule has 0 aliphatic carbocycles. The number of anilines is 1. The molecule has 0 unspecified atom stereocenters. The summed E-state index contributed by atoms with van der Waals surface area (Å²) >= 11 is 0. The maximum absolute atomic E-state index is 4.64. The summed E-state index contributed by atoms with van der Waals surface area (Å²) in [5, 5.41) is 3.42. The third kappa shape index (κ3) is 4.48. The van der Waals surface area contributed by atoms with E-state index in [4.69, 9.17) is 0 Å². The molecule has 1 aromatic rings. The lowest BCUT2D eigenvalue weighted by Crippen LogP contribution is -2.34. The van der Waals surface area contributed by atoms with E-state index >= 15 is 0 Å². The van der Waals surface area contributed by atoms with Crippen LogP contribution >= 0.6 is 0 Å². The van der Waals surface area contributed by atoms with Gasteiger partial charge in [-0.05, 0) is 43.4 Å². The molecule has 2 rings (SSSR count). The number of hydrogen-bond donors (Lipinski definition) is 1. The number of nitrogens with one attached hydrogen (secondary N) is 1. The zero-order valence-electron chi connectivity index (χ0n) is 13.1. The average Bonchev–Trinajstić information content (AvgIpc) is 2.49. The highest BCUT2D eigenvalue weighted by molar-refractivity contribution is 5.39. The normalized spacial score (nSPS) is 16.6. The summed E-state index contributed by atoms with van der Waals surface area (Å²) < 4.78 is 0. The largest absolute Gasteiger partial charge is 0.357 e. The summed E-state index contributed by atoms with van der Waals surface area (Å²) in [5.74, 6) is 2.09. The Labute approximate surface area is 123 Å². The Bertz CT molecular complexity index is 366. The molecule has 1 aliphatic rings. The quantitative estimate of drug-likeness (QED) is 0.771. The van der Waals surface area contributed by atoms with E-state index < -0.39 is 0 Å². The lowest BCUT2D eigenvalue weighted by Gasteiger charge is -2.32. The van der Waals surface area contributed by atoms with Crippen LogP contribution < -0.4 is 10.2 Å². The zero-order valence-corrected chi connectivity index (χ0v) is 13.1. The molecule has 0 bridgehead atoms. The molecule has 0 amide bonds. The van der Waals surface area contributed by atoms with Gasteiger partial charge in [0, 0.05) is 25.8 Å². The van der Waals surface area contributed by atoms with Gasteiger partial charge in [-0.3, -0.25) is 0 Å². The standard InChI is InChI=1S/C17H29N3/c1-3-5-15-8-11-20(12-9-15)17-7-6-16(14-19-17)13-18-10-4-2/h6-7,14-15,18H,3-5,8-13H2,1-2H3. The van der Waals surface area contributed by atoms with Gasteiger partial charge in [-0.1, -0.05) is 32.8 Å². The molecule has 3 nitrogen and oxygen atoms in total. The minimum atomic E-state index is 0.930. The van der Waals surface area contributed by atoms with Gasteiger partial charge >= 0.3 is 0 Å². The highest BCUT2D eigenvalue weighted by Crippen LogP contribution is 2.24. The first-order valence-corrected chi connectivity index (χ1v) is 8.24. The Balaban J connectivity index is 1.81. The van der Waals surface area contributed by atoms with Crippen molar-refractivity contribution in [3.8, 4) is 0 Å². The van der Waals surface area contributed by atoms with E-state index in [2.05, 4.69) is 41.2 Å². The molecule has 20 heavy (non-hydrogen) atoms. The van der Waals surface area contributed by atoms with Gasteiger partial charge in [-0.15, -0.1) is 0 Å². The van der Waals surface area contributed by atoms with E-state index in [9.17, 15) is 0 Å². The molecule has 112 valence electrons. The van der Waals surface area contributed by atoms with Crippen molar-refractivity contribution in [2.75, 3.05) is 24.5 Å². The van der Waals surface area contributed by atoms with E-state index in [1.807, 2.05) is 6.20 Å². The Morgan fingerprint density at radius 2 is 2.00 bits per heavy atom. The SMILES string of the molecule is CCCNCc1ccc(N2CCC(CCC)CC2)nc1. The molecule has 1 N–H and O–H groups in total. The Morgan fingerprint density at radius 1 is 1.20 bits per heavy atom. The number of nitrogens with zero attached hydrogens (tertiary/aromatic N) is 2. The molecule has 0 saturated carbocycles. The number of hydrogen-bond acceptors (Lipinski definition) is 3. The number of piperidine rings is 1. The first-order valence-electron chi connectivity index (χ1n) is 8.24. The number of pyridine rings is 1. The van der Waals surface area contributed by atoms with E-state index in [0.717, 1.165) is 24.8 Å². The molecule has 1 fully saturated rings. The fraction of sp³-hybridized carbons (Fsp3) is 0.706. The van der Waals surface area contributed by atoms with Crippen LogP contribution in [0.3, 0.4) is 0 Å². The molecule has 1 saturated heterocycles. The molecule has 1 aromatic heterocycles. The minimum absolute atomic E-state index is 0.930. The third-order valence-electron chi connectivity index (χ3n) is 4.20. The van der Waals surface area contributed by atoms with Crippen molar-refractivity contribution in [3.05, 3.63) is 23.9 Å². The van der Waals surface area contributed by atoms with E-state index in [0.29, 0.717) is 0 Å². The molecular formula is C17H29N3. The maximum atomic E-state index is 4.64. The van der Waals surface area contributed by atoms with Crippen molar-refractivity contribution in [3.63, 3.8) is 0 Å². The van der Waals surface area contributed by atoms with Crippen LogP contribution in [0.15, 0.2) is 18.3 Å². The van der Waals surface area contributed by atoms with Crippen molar-refractivity contribution < 1.29 is 0 Å². The topological polar surface area (TPSA) is 28.2 Å². The summed E-state index contributed by atoms with van der Waals surface area (Å²) in [5.41, 5.74) is 1.28. The van der Waals surface area contributed by atoms with Crippen molar-refractivity contribution in [2.45, 2.75) is 52.5 Å². The molecule has 1 aliphatic heterocycles. The van der Waals surface area contributed by atoms with Crippen LogP contribution in [0, 0.1) is 5.92 Å². The average molecular weight is 275 g/mol. The summed E-state index contributed by atoms with van der Waals surface area (Å²) in [4.78, 5) is 7.08. The summed E-state index contributed by atoms with van der Waals surface area (Å²) in [6.45, 7) is 8.83. The predicted octanol–water partition coefficient (Wildman–Crippen LogP) is 3.60. The monoisotopic (exact) mass is 275 g/mol. The van der Waals surface area contributed by atoms with Crippen molar-refractivity contribution >= 4 is 5.82 Å². The fourth-order valence-corrected chi connectivity index (χ4v) is 2.98. The number of aromatic nitrogens is 1. The second-order valence-corrected chi connectivity index (χ2v) is 5.92. The van der Waals surface area contributed by atoms with Crippen LogP contribution in [-0.4, -0.2) is 24.6 Å². The third-order valence-corrected chi connectivity index (χ3v) is 4.20. The minimum Gasteiger partial charge on any atom is -0.357 e. The van der Waals surface area contributed by atoms with Gasteiger partial charge < -0.3 is 10.2 Å². The van der Waals surface area contributed by atoms with Crippen molar-refractivity contribution in [1.82, 2.24) is 10.3 Å². The second-order valence-electron chi connectivity index (χ2n) is 5.92. The van der Waals surface area contributed by atoms with Gasteiger partial charge in [0.1, 0.15) is 5.82 Å². The lowest BCUT2D eigenvalue weighted by molar-refractivity contribution is 0.377. The van der Waals surface area contributed by atoms with Gasteiger partial charge in [0.15, 0.2) is 0 Å². The molecule has 0 atom stereocenters. The van der Waals surface area contributed by atoms with E-state index in [-0.39, 0.29) is 0 Å². The molecule has 2 heterocycles. The van der Waals surface area contributed by atoms with Crippen LogP contribution in [-0.2, 0) is 6.54 Å². The maximum Gasteiger partial charge on any atom is 0.128 e. The Morgan fingerprint density at radius 3 is 2.60 bits per heavy atom. The van der Waals surface area contributed by atoms with Crippen molar-refractivity contribution in [1.29, 1.82) is 0 Å². The van der Waals surface area contributed by atoms with Gasteiger partial charge in [0.2, 0.25) is 0 Å². The molecule has 0 radical (unpaired) electrons. The van der Waals surface area contributed by atoms with Crippen LogP contribution in [0.25, 0.3) is 0 Å². The van der Waals surface area contributed by atoms with Gasteiger partial charge in [0.25, 0.3) is 0 Å². The van der Waals surface area contributed by atoms with Crippen LogP contribution in [0.5, 0.6) is 0 Å². The fourth-order valence-electron chi connectivity index (χ4n) is 2.98. The second kappa shape index (κ2) is 8.25. The zero-order chi connectivity index (χ0) is 14.2. The summed E-state index contributed by atoms with van der Waals surface area (Å²) in [6, 6.07) is 4.40. The van der Waals surface area contributed by atoms with Gasteiger partial charge in [-0.25, -0.2) is 4.98 Å². The highest BCUT2D eigenvalue weighted by Gasteiger charge is 2.19. The molecule has 0 spiro atoms. The first-order chi connectivity index (χ1) is 9.83. The predicted molar refractivity (Wildman–Crippen MR) is 86.1 cm³/mol. The van der Waals surface area contributed by atoms with Crippen molar-refractivity contribution in [2.24, 2.45) is 5.92 Å². The van der Waals surface area contributed by atoms with Crippen LogP contribution in [0.1, 0.15) is 51.5 Å². The van der Waals surface area contributed by atoms with E-state index in [1.165, 1.54) is 50.8 Å². The van der Waals surface area contributed by atoms with Crippen LogP contribution in [0.4, 0.5) is 5.82 Å². The Kier molecular flexibility index (Phi) is 6.31. The molecular weight excluding hydrogens is 246 g/mol. The lowest BCUT2D eigenvalue weighted by atomic mass is 9.92. The summed E-state index contributed by atoms with van der Waals surface area (Å²) in [7, 11) is 0. The van der Waals surface area contributed by atoms with Gasteiger partial charge in [-0.2, -0.15) is 0 Å². The van der Waals surface area contributed by atoms with Crippen LogP contribution in [0.2, 0.25) is 0 Å². The summed E-state index contributed by atoms with van der Waals surface area (Å²) in [6.07, 6.45) is 8.57. The smallest absolute Gasteiger partial charge is 0.128 e. The molecule has 0 aromatic carbocycles. The number of rotatable bonds is 7. The Hall–Kier alpha value is -1.09.